The average molecular weight is 71.2 g/mol. The van der Waals surface area contributed by atoms with Gasteiger partial charge in [0.15, 0.2) is 0 Å². The van der Waals surface area contributed by atoms with Gasteiger partial charge in [0.2, 0.25) is 0 Å². The second-order valence-corrected chi connectivity index (χ2v) is 1.21. The smallest absolute Gasteiger partial charge is 0.127 e. The van der Waals surface area contributed by atoms with E-state index in [1.807, 2.05) is 0 Å². The molecule has 2 heteroatoms. The lowest BCUT2D eigenvalue weighted by atomic mass is 11.3. The molecule has 0 aromatic carbocycles. The van der Waals surface area contributed by atoms with Gasteiger partial charge in [0.05, 0.1) is 0 Å². The van der Waals surface area contributed by atoms with Crippen LogP contribution in [0.15, 0.2) is 12.3 Å². The van der Waals surface area contributed by atoms with Crippen LogP contribution < -0.4 is 0 Å². The van der Waals surface area contributed by atoms with E-state index in [9.17, 15) is 0 Å². The molecule has 0 rings (SSSR count). The van der Waals surface area contributed by atoms with Crippen LogP contribution in [0.2, 0.25) is 0 Å². The Labute approximate surface area is 27.7 Å². The maximum absolute atomic E-state index is 6.42. The molecule has 0 heterocycles. The summed E-state index contributed by atoms with van der Waals surface area (Å²) in [5.74, 6) is 0. The van der Waals surface area contributed by atoms with Crippen LogP contribution in [0.1, 0.15) is 0 Å². The van der Waals surface area contributed by atoms with E-state index in [-0.39, 0.29) is 9.31 Å². The van der Waals surface area contributed by atoms with Crippen LogP contribution >= 0.6 is 0 Å². The summed E-state index contributed by atoms with van der Waals surface area (Å²) in [5.41, 5.74) is 1.62. The second kappa shape index (κ2) is 2.76. The number of hydrogen-bond donors (Lipinski definition) is 1. The summed E-state index contributed by atoms with van der Waals surface area (Å²) in [6.07, 6.45) is 0. The van der Waals surface area contributed by atoms with Gasteiger partial charge in [0.1, 0.15) is 9.31 Å². The Morgan fingerprint density at radius 3 is 2.25 bits per heavy atom. The first-order valence-electron chi connectivity index (χ1n) is 1.03. The molecule has 0 spiro atoms. The van der Waals surface area contributed by atoms with Crippen molar-refractivity contribution in [3.05, 3.63) is 12.3 Å². The van der Waals surface area contributed by atoms with Crippen LogP contribution in [-0.4, -0.2) is 9.31 Å². The van der Waals surface area contributed by atoms with Crippen molar-refractivity contribution in [1.82, 2.24) is 0 Å². The first kappa shape index (κ1) is 3.76. The van der Waals surface area contributed by atoms with Crippen molar-refractivity contribution >= 4 is 9.31 Å². The lowest BCUT2D eigenvalue weighted by Crippen LogP contribution is -1.47. The van der Waals surface area contributed by atoms with Gasteiger partial charge < -0.3 is 5.05 Å². The molecule has 0 unspecified atom stereocenters. The fourth-order valence-corrected chi connectivity index (χ4v) is 0. The molecule has 0 aliphatic rings. The lowest BCUT2D eigenvalue weighted by Gasteiger charge is -1.40. The van der Waals surface area contributed by atoms with Crippen molar-refractivity contribution in [2.75, 3.05) is 0 Å². The topological polar surface area (TPSA) is 23.9 Å². The highest BCUT2D eigenvalue weighted by Crippen LogP contribution is 1.34. The maximum atomic E-state index is 6.42. The van der Waals surface area contributed by atoms with Gasteiger partial charge in [-0.25, -0.2) is 0 Å². The summed E-state index contributed by atoms with van der Waals surface area (Å²) in [6, 6.07) is 0. The van der Waals surface area contributed by atoms with Gasteiger partial charge >= 0.3 is 0 Å². The Balaban J connectivity index is 2.73. The van der Waals surface area contributed by atoms with Gasteiger partial charge in [-0.3, -0.25) is 0 Å². The SMILES string of the molecule is C=C[SiH]=N. The van der Waals surface area contributed by atoms with E-state index in [1.165, 1.54) is 0 Å². The predicted octanol–water partition coefficient (Wildman–Crippen LogP) is 0.329. The first-order valence-corrected chi connectivity index (χ1v) is 2.27. The van der Waals surface area contributed by atoms with E-state index in [0.717, 1.165) is 0 Å². The zero-order valence-electron chi connectivity index (χ0n) is 2.36. The van der Waals surface area contributed by atoms with Gasteiger partial charge in [-0.05, 0) is 0 Å². The Hall–Kier alpha value is -0.243. The molecule has 0 saturated carbocycles. The Morgan fingerprint density at radius 1 is 2.00 bits per heavy atom. The summed E-state index contributed by atoms with van der Waals surface area (Å²) in [7, 11) is -0.204. The van der Waals surface area contributed by atoms with Crippen molar-refractivity contribution in [2.24, 2.45) is 0 Å². The monoisotopic (exact) mass is 71.0 g/mol. The summed E-state index contributed by atoms with van der Waals surface area (Å²) in [5, 5.41) is 6.42. The van der Waals surface area contributed by atoms with Crippen molar-refractivity contribution in [3.8, 4) is 0 Å². The molecule has 0 aliphatic heterocycles. The Kier molecular flexibility index (Phi) is 2.59. The van der Waals surface area contributed by atoms with Gasteiger partial charge in [0, 0.05) is 0 Å². The first-order chi connectivity index (χ1) is 1.91. The second-order valence-electron chi connectivity index (χ2n) is 0.402. The molecule has 1 nitrogen and oxygen atoms in total. The fraction of sp³-hybridized carbons (Fsp3) is 0. The summed E-state index contributed by atoms with van der Waals surface area (Å²) in [4.78, 5) is 0. The summed E-state index contributed by atoms with van der Waals surface area (Å²) in [6.45, 7) is 3.33. The van der Waals surface area contributed by atoms with Crippen LogP contribution in [-0.2, 0) is 0 Å². The highest BCUT2D eigenvalue weighted by molar-refractivity contribution is 6.26. The Morgan fingerprint density at radius 2 is 2.25 bits per heavy atom. The van der Waals surface area contributed by atoms with Gasteiger partial charge in [-0.15, -0.1) is 6.58 Å². The molecule has 22 valence electrons. The van der Waals surface area contributed by atoms with Crippen LogP contribution in [0.3, 0.4) is 0 Å². The Bertz CT molecular complexity index is 27.0. The largest absolute Gasteiger partial charge is 0.350 e. The van der Waals surface area contributed by atoms with Crippen molar-refractivity contribution in [2.45, 2.75) is 0 Å². The van der Waals surface area contributed by atoms with Crippen molar-refractivity contribution in [3.63, 3.8) is 0 Å². The molecule has 0 radical (unpaired) electrons. The molecule has 0 aromatic heterocycles. The molecule has 0 fully saturated rings. The summed E-state index contributed by atoms with van der Waals surface area (Å²) < 4.78 is 0. The molecule has 0 amide bonds. The van der Waals surface area contributed by atoms with E-state index in [1.54, 1.807) is 5.70 Å². The maximum Gasteiger partial charge on any atom is 0.127 e. The number of hydrogen-bond acceptors (Lipinski definition) is 1. The molecule has 0 aromatic rings. The normalized spacial score (nSPS) is 5.00. The molecule has 0 bridgehead atoms. The van der Waals surface area contributed by atoms with Crippen molar-refractivity contribution in [1.29, 1.82) is 5.05 Å². The minimum absolute atomic E-state index is 0.204. The van der Waals surface area contributed by atoms with Crippen molar-refractivity contribution < 1.29 is 0 Å². The molecule has 0 saturated heterocycles. The van der Waals surface area contributed by atoms with E-state index < -0.39 is 0 Å². The molecular formula is C2H5NSi. The highest BCUT2D eigenvalue weighted by atomic mass is 28.2. The highest BCUT2D eigenvalue weighted by Gasteiger charge is 1.35. The van der Waals surface area contributed by atoms with E-state index in [0.29, 0.717) is 0 Å². The van der Waals surface area contributed by atoms with Crippen LogP contribution in [0.4, 0.5) is 0 Å². The van der Waals surface area contributed by atoms with Gasteiger partial charge in [-0.1, -0.05) is 5.70 Å². The van der Waals surface area contributed by atoms with Gasteiger partial charge in [-0.2, -0.15) is 0 Å². The predicted molar refractivity (Wildman–Crippen MR) is 20.1 cm³/mol. The molecule has 0 aliphatic carbocycles. The van der Waals surface area contributed by atoms with E-state index in [2.05, 4.69) is 6.58 Å². The number of rotatable bonds is 1. The zero-order valence-corrected chi connectivity index (χ0v) is 3.52. The van der Waals surface area contributed by atoms with Crippen LogP contribution in [0.5, 0.6) is 0 Å². The standard InChI is InChI=1S/C2H5NSi/c1-2-4-3/h2-4H,1H2. The van der Waals surface area contributed by atoms with Crippen LogP contribution in [0, 0.1) is 5.05 Å². The molecule has 0 atom stereocenters. The number of nitrogens with one attached hydrogen (secondary N) is 1. The average Bonchev–Trinajstić information content (AvgIpc) is 1.37. The van der Waals surface area contributed by atoms with Crippen LogP contribution in [0.25, 0.3) is 0 Å². The molecule has 1 N–H and O–H groups in total. The lowest BCUT2D eigenvalue weighted by molar-refractivity contribution is 1.62. The minimum Gasteiger partial charge on any atom is -0.350 e. The third kappa shape index (κ3) is 1.76. The van der Waals surface area contributed by atoms with E-state index >= 15 is 0 Å². The minimum atomic E-state index is -0.204. The van der Waals surface area contributed by atoms with E-state index in [4.69, 9.17) is 5.05 Å². The zero-order chi connectivity index (χ0) is 3.41. The third-order valence-electron chi connectivity index (χ3n) is 0.118. The quantitative estimate of drug-likeness (QED) is 0.431. The molecule has 4 heavy (non-hydrogen) atoms. The fourth-order valence-electron chi connectivity index (χ4n) is 0. The summed E-state index contributed by atoms with van der Waals surface area (Å²) >= 11 is 0. The third-order valence-corrected chi connectivity index (χ3v) is 0.354. The van der Waals surface area contributed by atoms with Gasteiger partial charge in [0.25, 0.3) is 0 Å². The molecular weight excluding hydrogens is 66.1 g/mol.